The van der Waals surface area contributed by atoms with Crippen molar-refractivity contribution < 1.29 is 5.11 Å². The number of aliphatic hydroxyl groups is 1. The largest absolute Gasteiger partial charge is 0.388 e. The van der Waals surface area contributed by atoms with Gasteiger partial charge in [0.1, 0.15) is 0 Å². The Bertz CT molecular complexity index is 408. The molecule has 0 heterocycles. The van der Waals surface area contributed by atoms with Gasteiger partial charge < -0.3 is 5.11 Å². The first-order chi connectivity index (χ1) is 8.59. The van der Waals surface area contributed by atoms with Crippen LogP contribution in [0.1, 0.15) is 33.1 Å². The molecular weight excluding hydrogens is 240 g/mol. The Hall–Kier alpha value is -0.730. The third-order valence-corrected chi connectivity index (χ3v) is 5.02. The maximum Gasteiger partial charge on any atom is 0.0809 e. The van der Waals surface area contributed by atoms with Crippen molar-refractivity contribution in [1.29, 1.82) is 0 Å². The maximum atomic E-state index is 10.5. The van der Waals surface area contributed by atoms with E-state index >= 15 is 0 Å². The van der Waals surface area contributed by atoms with E-state index in [-0.39, 0.29) is 11.5 Å². The van der Waals surface area contributed by atoms with Crippen molar-refractivity contribution in [3.8, 4) is 0 Å². The van der Waals surface area contributed by atoms with Crippen LogP contribution in [0.2, 0.25) is 0 Å². The number of benzene rings is 1. The van der Waals surface area contributed by atoms with Gasteiger partial charge in [0.05, 0.1) is 6.10 Å². The number of hydrogen-bond donors (Lipinski definition) is 1. The average Bonchev–Trinajstić information content (AvgIpc) is 2.90. The fraction of sp³-hybridized carbons (Fsp3) is 0.500. The molecule has 1 aliphatic carbocycles. The number of aliphatic hydroxyl groups excluding tert-OH is 1. The molecule has 0 fully saturated rings. The fourth-order valence-corrected chi connectivity index (χ4v) is 3.36. The van der Waals surface area contributed by atoms with Gasteiger partial charge in [-0.1, -0.05) is 38.1 Å². The van der Waals surface area contributed by atoms with E-state index < -0.39 is 0 Å². The number of hydrogen-bond acceptors (Lipinski definition) is 2. The summed E-state index contributed by atoms with van der Waals surface area (Å²) in [5, 5.41) is 10.5. The summed E-state index contributed by atoms with van der Waals surface area (Å²) in [7, 11) is 0. The molecule has 0 spiro atoms. The number of thioether (sulfide) groups is 1. The lowest BCUT2D eigenvalue weighted by atomic mass is 9.84. The molecule has 1 nitrogen and oxygen atoms in total. The molecule has 1 aromatic carbocycles. The van der Waals surface area contributed by atoms with Gasteiger partial charge in [-0.25, -0.2) is 0 Å². The smallest absolute Gasteiger partial charge is 0.0809 e. The molecule has 0 bridgehead atoms. The van der Waals surface area contributed by atoms with Gasteiger partial charge in [-0.2, -0.15) is 0 Å². The van der Waals surface area contributed by atoms with Crippen LogP contribution in [-0.4, -0.2) is 17.0 Å². The molecule has 1 aromatic rings. The van der Waals surface area contributed by atoms with Gasteiger partial charge in [-0.05, 0) is 37.0 Å². The minimum Gasteiger partial charge on any atom is -0.388 e. The molecule has 98 valence electrons. The molecule has 1 atom stereocenters. The Morgan fingerprint density at radius 3 is 2.61 bits per heavy atom. The quantitative estimate of drug-likeness (QED) is 0.631. The topological polar surface area (TPSA) is 20.2 Å². The first-order valence-electron chi connectivity index (χ1n) is 6.64. The van der Waals surface area contributed by atoms with Gasteiger partial charge in [-0.15, -0.1) is 11.8 Å². The Morgan fingerprint density at radius 1 is 1.28 bits per heavy atom. The summed E-state index contributed by atoms with van der Waals surface area (Å²) in [5.41, 5.74) is 1.17. The normalized spacial score (nSPS) is 17.6. The molecule has 0 saturated heterocycles. The van der Waals surface area contributed by atoms with E-state index in [1.165, 1.54) is 16.9 Å². The van der Waals surface area contributed by atoms with Gasteiger partial charge >= 0.3 is 0 Å². The van der Waals surface area contributed by atoms with Crippen LogP contribution >= 0.6 is 11.8 Å². The highest BCUT2D eigenvalue weighted by Gasteiger charge is 2.31. The Morgan fingerprint density at radius 2 is 2.00 bits per heavy atom. The lowest BCUT2D eigenvalue weighted by molar-refractivity contribution is 0.0962. The molecule has 1 N–H and O–H groups in total. The number of rotatable bonds is 5. The maximum absolute atomic E-state index is 10.5. The molecule has 2 heteroatoms. The van der Waals surface area contributed by atoms with E-state index in [2.05, 4.69) is 44.2 Å². The first kappa shape index (κ1) is 13.7. The van der Waals surface area contributed by atoms with E-state index in [1.54, 1.807) is 0 Å². The second-order valence-corrected chi connectivity index (χ2v) is 6.71. The molecule has 0 saturated carbocycles. The molecule has 1 unspecified atom stereocenters. The van der Waals surface area contributed by atoms with Gasteiger partial charge in [-0.3, -0.25) is 0 Å². The average molecular weight is 262 g/mol. The summed E-state index contributed by atoms with van der Waals surface area (Å²) in [6.45, 7) is 4.32. The molecular formula is C16H22OS. The van der Waals surface area contributed by atoms with Crippen molar-refractivity contribution in [3.63, 3.8) is 0 Å². The Labute approximate surface area is 114 Å². The zero-order valence-electron chi connectivity index (χ0n) is 11.2. The molecule has 18 heavy (non-hydrogen) atoms. The van der Waals surface area contributed by atoms with Crippen LogP contribution in [0.15, 0.2) is 46.9 Å². The lowest BCUT2D eigenvalue weighted by Gasteiger charge is -2.31. The summed E-state index contributed by atoms with van der Waals surface area (Å²) >= 11 is 1.83. The van der Waals surface area contributed by atoms with Gasteiger partial charge in [0.15, 0.2) is 0 Å². The van der Waals surface area contributed by atoms with Crippen molar-refractivity contribution >= 4 is 11.8 Å². The molecule has 0 amide bonds. The highest BCUT2D eigenvalue weighted by molar-refractivity contribution is 7.99. The van der Waals surface area contributed by atoms with Crippen molar-refractivity contribution in [2.75, 3.05) is 5.75 Å². The van der Waals surface area contributed by atoms with Crippen molar-refractivity contribution in [2.45, 2.75) is 44.1 Å². The second-order valence-electron chi connectivity index (χ2n) is 5.66. The lowest BCUT2D eigenvalue weighted by Crippen LogP contribution is -2.32. The molecule has 0 aromatic heterocycles. The van der Waals surface area contributed by atoms with E-state index in [0.717, 1.165) is 18.6 Å². The van der Waals surface area contributed by atoms with Crippen LogP contribution in [0.3, 0.4) is 0 Å². The highest BCUT2D eigenvalue weighted by Crippen LogP contribution is 2.36. The van der Waals surface area contributed by atoms with Gasteiger partial charge in [0, 0.05) is 16.1 Å². The SMILES string of the molecule is CC(C)(CSc1ccccc1)C(O)C1=CCCC1. The van der Waals surface area contributed by atoms with Gasteiger partial charge in [0.25, 0.3) is 0 Å². The van der Waals surface area contributed by atoms with Crippen LogP contribution in [0.25, 0.3) is 0 Å². The summed E-state index contributed by atoms with van der Waals surface area (Å²) in [4.78, 5) is 1.28. The van der Waals surface area contributed by atoms with Gasteiger partial charge in [0.2, 0.25) is 0 Å². The predicted molar refractivity (Wildman–Crippen MR) is 78.9 cm³/mol. The highest BCUT2D eigenvalue weighted by atomic mass is 32.2. The number of allylic oxidation sites excluding steroid dienone is 1. The Kier molecular flexibility index (Phi) is 4.52. The van der Waals surface area contributed by atoms with Crippen molar-refractivity contribution in [1.82, 2.24) is 0 Å². The van der Waals surface area contributed by atoms with Crippen molar-refractivity contribution in [2.24, 2.45) is 5.41 Å². The van der Waals surface area contributed by atoms with Crippen LogP contribution < -0.4 is 0 Å². The van der Waals surface area contributed by atoms with Crippen LogP contribution in [-0.2, 0) is 0 Å². The summed E-state index contributed by atoms with van der Waals surface area (Å²) < 4.78 is 0. The predicted octanol–water partition coefficient (Wildman–Crippen LogP) is 4.28. The van der Waals surface area contributed by atoms with Crippen LogP contribution in [0.4, 0.5) is 0 Å². The molecule has 1 aliphatic rings. The molecule has 0 aliphatic heterocycles. The monoisotopic (exact) mass is 262 g/mol. The van der Waals surface area contributed by atoms with Crippen LogP contribution in [0.5, 0.6) is 0 Å². The fourth-order valence-electron chi connectivity index (χ4n) is 2.31. The standard InChI is InChI=1S/C16H22OS/c1-16(2,15(17)13-8-6-7-9-13)12-18-14-10-4-3-5-11-14/h3-5,8,10-11,15,17H,6-7,9,12H2,1-2H3. The summed E-state index contributed by atoms with van der Waals surface area (Å²) in [5.74, 6) is 0.940. The minimum atomic E-state index is -0.295. The van der Waals surface area contributed by atoms with E-state index in [1.807, 2.05) is 17.8 Å². The molecule has 2 rings (SSSR count). The minimum absolute atomic E-state index is 0.0727. The van der Waals surface area contributed by atoms with E-state index in [0.29, 0.717) is 0 Å². The second kappa shape index (κ2) is 5.94. The van der Waals surface area contributed by atoms with E-state index in [4.69, 9.17) is 0 Å². The zero-order chi connectivity index (χ0) is 13.0. The first-order valence-corrected chi connectivity index (χ1v) is 7.63. The Balaban J connectivity index is 1.94. The summed E-state index contributed by atoms with van der Waals surface area (Å²) in [6, 6.07) is 10.4. The zero-order valence-corrected chi connectivity index (χ0v) is 12.0. The van der Waals surface area contributed by atoms with E-state index in [9.17, 15) is 5.11 Å². The third kappa shape index (κ3) is 3.39. The summed E-state index contributed by atoms with van der Waals surface area (Å²) in [6.07, 6.45) is 5.33. The van der Waals surface area contributed by atoms with Crippen LogP contribution in [0, 0.1) is 5.41 Å². The molecule has 0 radical (unpaired) electrons. The third-order valence-electron chi connectivity index (χ3n) is 3.52. The van der Waals surface area contributed by atoms with Crippen molar-refractivity contribution in [3.05, 3.63) is 42.0 Å².